The Morgan fingerprint density at radius 2 is 1.27 bits per heavy atom. The summed E-state index contributed by atoms with van der Waals surface area (Å²) in [6.07, 6.45) is 8.25. The van der Waals surface area contributed by atoms with Crippen LogP contribution in [0, 0.1) is 19.3 Å². The second-order valence-electron chi connectivity index (χ2n) is 20.5. The van der Waals surface area contributed by atoms with Gasteiger partial charge in [0, 0.05) is 50.7 Å². The average molecular weight is 807 g/mol. The van der Waals surface area contributed by atoms with Crippen molar-refractivity contribution in [2.24, 2.45) is 5.41 Å². The fourth-order valence-corrected chi connectivity index (χ4v) is 19.0. The summed E-state index contributed by atoms with van der Waals surface area (Å²) >= 11 is 1.83. The number of aryl methyl sites for hydroxylation is 2. The minimum Gasteiger partial charge on any atom is -0.465 e. The molecule has 288 valence electrons. The molecule has 1 aromatic heterocycles. The largest absolute Gasteiger partial charge is 0.465 e. The number of carbonyl (C=O) groups excluding carboxylic acids is 1. The quantitative estimate of drug-likeness (QED) is 0.113. The van der Waals surface area contributed by atoms with Crippen LogP contribution in [-0.4, -0.2) is 12.6 Å². The molecule has 6 aliphatic carbocycles. The van der Waals surface area contributed by atoms with Gasteiger partial charge in [-0.3, -0.25) is 4.79 Å². The Kier molecular flexibility index (Phi) is 4.37. The monoisotopic (exact) mass is 806 g/mol. The molecule has 13 aromatic rings. The van der Waals surface area contributed by atoms with Crippen LogP contribution in [0.3, 0.4) is 0 Å². The predicted molar refractivity (Wildman–Crippen MR) is 256 cm³/mol. The first kappa shape index (κ1) is 30.7. The zero-order chi connectivity index (χ0) is 39.8. The number of rotatable bonds is 8. The van der Waals surface area contributed by atoms with E-state index in [-0.39, 0.29) is 34.1 Å². The lowest BCUT2D eigenvalue weighted by molar-refractivity contribution is -0.143. The molecular weight excluding hydrogens is 773 g/mol. The minimum absolute atomic E-state index is 0.0587. The van der Waals surface area contributed by atoms with E-state index in [0.717, 1.165) is 19.3 Å². The molecule has 0 radical (unpaired) electrons. The van der Waals surface area contributed by atoms with Gasteiger partial charge in [0.25, 0.3) is 0 Å². The standard InChI is InChI=1S/C59H34O2S/c1-24-23-26(25(2)62-24)20-22-61-38(60)9-6-21-57(27-7-4-3-5-8-27)58-36-18-19-37-35-17-15-33-31-13-11-29-28-10-12-30-32-14-16-34(36)45-43(32)48-41(30)39(28)47-40(29)42(31)49-44(33)46(35)56(59(37,57)58)54-52(49)50(47)51(48)53(54)55(45)58/h3-5,7-8,10-19,23,36,56H,6,9,20-22H2,1-2H3/t36?,56?,57-,58?,59?/m0/s1. The van der Waals surface area contributed by atoms with Gasteiger partial charge in [0.2, 0.25) is 0 Å². The SMILES string of the molecule is Cc1cc(CCOC(=O)CCC[C@@]2(c3ccccc3)C34C5=c6ccc7c8ccc9c%10ccc%11c%12ccc%13c%14c(c%15c%16c%17c(c7c6C%163)c8c9c3c%10c%11c(c%14%12)c%15c%173)C42C%13C=C5)c(C)s1. The van der Waals surface area contributed by atoms with Crippen molar-refractivity contribution in [3.8, 4) is 0 Å². The summed E-state index contributed by atoms with van der Waals surface area (Å²) in [4.78, 5) is 16.5. The van der Waals surface area contributed by atoms with Gasteiger partial charge in [-0.25, -0.2) is 0 Å². The van der Waals surface area contributed by atoms with E-state index in [0.29, 0.717) is 13.0 Å². The van der Waals surface area contributed by atoms with Crippen molar-refractivity contribution in [1.29, 1.82) is 0 Å². The van der Waals surface area contributed by atoms with Crippen LogP contribution in [0.1, 0.15) is 74.2 Å². The average Bonchev–Trinajstić information content (AvgIpc) is 4.02. The number of ether oxygens (including phenoxy) is 1. The Morgan fingerprint density at radius 1 is 0.645 bits per heavy atom. The molecule has 3 heteroatoms. The molecule has 0 amide bonds. The number of esters is 1. The number of fused-ring (bicyclic) bond motifs is 4. The lowest BCUT2D eigenvalue weighted by Gasteiger charge is -2.39. The van der Waals surface area contributed by atoms with Gasteiger partial charge in [-0.15, -0.1) is 11.3 Å². The molecule has 5 atom stereocenters. The van der Waals surface area contributed by atoms with Gasteiger partial charge < -0.3 is 4.74 Å². The third-order valence-electron chi connectivity index (χ3n) is 19.1. The van der Waals surface area contributed by atoms with Crippen molar-refractivity contribution in [1.82, 2.24) is 0 Å². The number of hydrogen-bond donors (Lipinski definition) is 0. The highest BCUT2D eigenvalue weighted by molar-refractivity contribution is 7.12. The molecule has 1 fully saturated rings. The Balaban J connectivity index is 0.961. The van der Waals surface area contributed by atoms with Gasteiger partial charge in [0.1, 0.15) is 0 Å². The van der Waals surface area contributed by atoms with Gasteiger partial charge in [-0.05, 0) is 185 Å². The van der Waals surface area contributed by atoms with Gasteiger partial charge in [0.05, 0.1) is 6.61 Å². The lowest BCUT2D eigenvalue weighted by atomic mass is 9.62. The molecule has 2 spiro atoms. The van der Waals surface area contributed by atoms with Crippen LogP contribution in [0.15, 0.2) is 97.1 Å². The summed E-state index contributed by atoms with van der Waals surface area (Å²) < 4.78 is 6.07. The molecule has 6 aliphatic rings. The number of hydrogen-bond acceptors (Lipinski definition) is 3. The van der Waals surface area contributed by atoms with Crippen LogP contribution in [-0.2, 0) is 26.8 Å². The highest BCUT2D eigenvalue weighted by Crippen LogP contribution is 2.98. The molecule has 12 aromatic carbocycles. The highest BCUT2D eigenvalue weighted by atomic mass is 32.1. The van der Waals surface area contributed by atoms with E-state index in [9.17, 15) is 4.79 Å². The smallest absolute Gasteiger partial charge is 0.305 e. The van der Waals surface area contributed by atoms with Crippen LogP contribution >= 0.6 is 11.3 Å². The zero-order valence-corrected chi connectivity index (χ0v) is 35.0. The number of benzene rings is 8. The topological polar surface area (TPSA) is 26.3 Å². The molecule has 0 bridgehead atoms. The number of thiophene rings is 1. The van der Waals surface area contributed by atoms with E-state index >= 15 is 0 Å². The van der Waals surface area contributed by atoms with Crippen molar-refractivity contribution >= 4 is 131 Å². The first-order valence-corrected chi connectivity index (χ1v) is 23.8. The van der Waals surface area contributed by atoms with Crippen LogP contribution < -0.4 is 5.22 Å². The Hall–Kier alpha value is -6.29. The molecule has 0 aliphatic heterocycles. The van der Waals surface area contributed by atoms with Gasteiger partial charge in [-0.1, -0.05) is 91.0 Å². The van der Waals surface area contributed by atoms with Crippen molar-refractivity contribution in [3.63, 3.8) is 0 Å². The third-order valence-corrected chi connectivity index (χ3v) is 20.1. The van der Waals surface area contributed by atoms with Crippen LogP contribution in [0.5, 0.6) is 0 Å². The molecule has 1 heterocycles. The summed E-state index contributed by atoms with van der Waals surface area (Å²) in [7, 11) is 0. The summed E-state index contributed by atoms with van der Waals surface area (Å²) in [5.41, 5.74) is 10.2. The molecule has 4 unspecified atom stereocenters. The summed E-state index contributed by atoms with van der Waals surface area (Å²) in [5, 5.41) is 31.8. The van der Waals surface area contributed by atoms with Crippen LogP contribution in [0.2, 0.25) is 0 Å². The fourth-order valence-electron chi connectivity index (χ4n) is 18.0. The maximum atomic E-state index is 13.8. The second-order valence-corrected chi connectivity index (χ2v) is 21.9. The van der Waals surface area contributed by atoms with Crippen molar-refractivity contribution in [2.45, 2.75) is 62.2 Å². The van der Waals surface area contributed by atoms with Gasteiger partial charge in [-0.2, -0.15) is 0 Å². The van der Waals surface area contributed by atoms with E-state index in [4.69, 9.17) is 4.74 Å². The van der Waals surface area contributed by atoms with E-state index < -0.39 is 0 Å². The molecule has 2 nitrogen and oxygen atoms in total. The first-order chi connectivity index (χ1) is 30.5. The summed E-state index contributed by atoms with van der Waals surface area (Å²) in [5.74, 6) is 0.436. The molecule has 19 rings (SSSR count). The van der Waals surface area contributed by atoms with Crippen LogP contribution in [0.25, 0.3) is 113 Å². The fraction of sp³-hybridized carbons (Fsp3) is 0.203. The zero-order valence-electron chi connectivity index (χ0n) is 34.2. The normalized spacial score (nSPS) is 25.7. The number of allylic oxidation sites excluding steroid dienone is 2. The van der Waals surface area contributed by atoms with E-state index in [1.165, 1.54) is 90.9 Å². The lowest BCUT2D eigenvalue weighted by Crippen LogP contribution is -2.31. The Bertz CT molecular complexity index is 4450. The second kappa shape index (κ2) is 8.83. The third kappa shape index (κ3) is 2.45. The van der Waals surface area contributed by atoms with Crippen LogP contribution in [0.4, 0.5) is 0 Å². The summed E-state index contributed by atoms with van der Waals surface area (Å²) in [6.45, 7) is 4.78. The molecule has 62 heavy (non-hydrogen) atoms. The highest BCUT2D eigenvalue weighted by Gasteiger charge is 2.95. The summed E-state index contributed by atoms with van der Waals surface area (Å²) in [6, 6.07) is 34.0. The van der Waals surface area contributed by atoms with Gasteiger partial charge >= 0.3 is 5.97 Å². The molecular formula is C59H34O2S. The van der Waals surface area contributed by atoms with E-state index in [1.54, 1.807) is 70.7 Å². The molecule has 0 saturated heterocycles. The van der Waals surface area contributed by atoms with Crippen molar-refractivity contribution in [2.75, 3.05) is 6.61 Å². The first-order valence-electron chi connectivity index (χ1n) is 22.9. The Labute approximate surface area is 358 Å². The Morgan fingerprint density at radius 3 is 1.98 bits per heavy atom. The molecule has 1 saturated carbocycles. The van der Waals surface area contributed by atoms with E-state index in [1.807, 2.05) is 11.3 Å². The van der Waals surface area contributed by atoms with Gasteiger partial charge in [0.15, 0.2) is 0 Å². The minimum atomic E-state index is -0.230. The van der Waals surface area contributed by atoms with E-state index in [2.05, 4.69) is 111 Å². The maximum absolute atomic E-state index is 13.8. The maximum Gasteiger partial charge on any atom is 0.305 e. The molecule has 0 N–H and O–H groups in total. The van der Waals surface area contributed by atoms with Crippen molar-refractivity contribution < 1.29 is 9.53 Å². The van der Waals surface area contributed by atoms with Crippen molar-refractivity contribution in [3.05, 3.63) is 145 Å². The predicted octanol–water partition coefficient (Wildman–Crippen LogP) is 13.7. The number of carbonyl (C=O) groups is 1.